The minimum atomic E-state index is -0.877. The number of likely N-dealkylation sites (tertiary alicyclic amines) is 1. The number of benzene rings is 3. The highest BCUT2D eigenvalue weighted by Gasteiger charge is 2.46. The molecule has 1 saturated heterocycles. The van der Waals surface area contributed by atoms with Gasteiger partial charge in [-0.1, -0.05) is 30.3 Å². The van der Waals surface area contributed by atoms with Crippen molar-refractivity contribution in [1.29, 1.82) is 0 Å². The van der Waals surface area contributed by atoms with E-state index in [4.69, 9.17) is 4.74 Å². The molecular weight excluding hydrogens is 460 g/mol. The molecule has 1 fully saturated rings. The summed E-state index contributed by atoms with van der Waals surface area (Å²) in [7, 11) is 0. The van der Waals surface area contributed by atoms with E-state index in [-0.39, 0.29) is 29.7 Å². The van der Waals surface area contributed by atoms with Gasteiger partial charge in [-0.05, 0) is 60.4 Å². The number of amides is 1. The van der Waals surface area contributed by atoms with Crippen molar-refractivity contribution in [3.8, 4) is 5.75 Å². The molecule has 5 rings (SSSR count). The van der Waals surface area contributed by atoms with Crippen LogP contribution in [0.25, 0.3) is 5.76 Å². The lowest BCUT2D eigenvalue weighted by Crippen LogP contribution is -2.31. The zero-order valence-corrected chi connectivity index (χ0v) is 19.6. The van der Waals surface area contributed by atoms with Gasteiger partial charge in [-0.25, -0.2) is 0 Å². The molecule has 1 amide bonds. The maximum atomic E-state index is 13.2. The number of carbonyl (C=O) groups is 2. The van der Waals surface area contributed by atoms with Gasteiger partial charge in [0, 0.05) is 30.7 Å². The normalized spacial score (nSPS) is 20.3. The van der Waals surface area contributed by atoms with Crippen molar-refractivity contribution in [3.63, 3.8) is 0 Å². The summed E-state index contributed by atoms with van der Waals surface area (Å²) < 4.78 is 5.74. The molecule has 182 valence electrons. The summed E-state index contributed by atoms with van der Waals surface area (Å²) in [4.78, 5) is 38.5. The van der Waals surface area contributed by atoms with Gasteiger partial charge in [-0.15, -0.1) is 0 Å². The summed E-state index contributed by atoms with van der Waals surface area (Å²) in [5, 5.41) is 22.5. The first-order chi connectivity index (χ1) is 17.3. The summed E-state index contributed by atoms with van der Waals surface area (Å²) in [5.41, 5.74) is 2.69. The molecule has 0 aromatic heterocycles. The first-order valence-corrected chi connectivity index (χ1v) is 11.7. The lowest BCUT2D eigenvalue weighted by molar-refractivity contribution is -0.384. The van der Waals surface area contributed by atoms with Gasteiger partial charge in [0.25, 0.3) is 17.4 Å². The molecule has 0 bridgehead atoms. The van der Waals surface area contributed by atoms with E-state index in [9.17, 15) is 24.8 Å². The van der Waals surface area contributed by atoms with Gasteiger partial charge in [0.1, 0.15) is 17.6 Å². The summed E-state index contributed by atoms with van der Waals surface area (Å²) in [6.45, 7) is 2.19. The quantitative estimate of drug-likeness (QED) is 0.180. The van der Waals surface area contributed by atoms with E-state index < -0.39 is 22.7 Å². The second kappa shape index (κ2) is 9.30. The van der Waals surface area contributed by atoms with Crippen molar-refractivity contribution >= 4 is 23.1 Å². The third-order valence-corrected chi connectivity index (χ3v) is 6.61. The third-order valence-electron chi connectivity index (χ3n) is 6.61. The Labute approximate surface area is 207 Å². The molecule has 2 aliphatic heterocycles. The number of fused-ring (bicyclic) bond motifs is 1. The van der Waals surface area contributed by atoms with Crippen molar-refractivity contribution in [2.75, 3.05) is 6.54 Å². The van der Waals surface area contributed by atoms with Crippen molar-refractivity contribution in [2.24, 2.45) is 0 Å². The minimum Gasteiger partial charge on any atom is -0.507 e. The highest BCUT2D eigenvalue weighted by atomic mass is 16.6. The Hall–Kier alpha value is -4.46. The fraction of sp³-hybridized carbons (Fsp3) is 0.214. The number of ketones is 1. The van der Waals surface area contributed by atoms with Crippen LogP contribution < -0.4 is 4.74 Å². The highest BCUT2D eigenvalue weighted by molar-refractivity contribution is 6.46. The molecule has 0 saturated carbocycles. The lowest BCUT2D eigenvalue weighted by atomic mass is 9.94. The van der Waals surface area contributed by atoms with Gasteiger partial charge in [-0.2, -0.15) is 0 Å². The van der Waals surface area contributed by atoms with Gasteiger partial charge >= 0.3 is 0 Å². The van der Waals surface area contributed by atoms with E-state index in [0.29, 0.717) is 24.0 Å². The van der Waals surface area contributed by atoms with Crippen LogP contribution in [0.2, 0.25) is 0 Å². The smallest absolute Gasteiger partial charge is 0.295 e. The van der Waals surface area contributed by atoms with Gasteiger partial charge in [-0.3, -0.25) is 19.7 Å². The van der Waals surface area contributed by atoms with Gasteiger partial charge in [0.15, 0.2) is 0 Å². The maximum Gasteiger partial charge on any atom is 0.295 e. The Morgan fingerprint density at radius 2 is 1.81 bits per heavy atom. The third kappa shape index (κ3) is 4.22. The SMILES string of the molecule is C[C@@H]1Cc2cc(C(O)=C3C(=O)C(=O)N(CCc4ccccc4)[C@H]3c3ccc([N+](=O)[O-])cc3)ccc2O1. The van der Waals surface area contributed by atoms with E-state index in [1.807, 2.05) is 37.3 Å². The Kier molecular flexibility index (Phi) is 6.01. The number of hydrogen-bond acceptors (Lipinski definition) is 6. The predicted molar refractivity (Wildman–Crippen MR) is 132 cm³/mol. The second-order valence-corrected chi connectivity index (χ2v) is 9.03. The first kappa shape index (κ1) is 23.3. The predicted octanol–water partition coefficient (Wildman–Crippen LogP) is 4.58. The molecule has 8 heteroatoms. The first-order valence-electron chi connectivity index (χ1n) is 11.7. The molecule has 2 atom stereocenters. The summed E-state index contributed by atoms with van der Waals surface area (Å²) in [5.74, 6) is -1.04. The van der Waals surface area contributed by atoms with Gasteiger partial charge < -0.3 is 14.7 Å². The number of nitrogens with zero attached hydrogens (tertiary/aromatic N) is 2. The van der Waals surface area contributed by atoms with Crippen LogP contribution in [0.5, 0.6) is 5.75 Å². The van der Waals surface area contributed by atoms with Crippen molar-refractivity contribution in [1.82, 2.24) is 4.90 Å². The van der Waals surface area contributed by atoms with Crippen LogP contribution in [-0.4, -0.2) is 39.3 Å². The number of hydrogen-bond donors (Lipinski definition) is 1. The second-order valence-electron chi connectivity index (χ2n) is 9.03. The molecule has 3 aromatic carbocycles. The molecule has 2 heterocycles. The van der Waals surface area contributed by atoms with E-state index in [2.05, 4.69) is 0 Å². The number of rotatable bonds is 6. The van der Waals surface area contributed by atoms with Crippen molar-refractivity contribution in [2.45, 2.75) is 31.9 Å². The Morgan fingerprint density at radius 1 is 1.08 bits per heavy atom. The summed E-state index contributed by atoms with van der Waals surface area (Å²) >= 11 is 0. The molecule has 8 nitrogen and oxygen atoms in total. The Bertz CT molecular complexity index is 1380. The average molecular weight is 485 g/mol. The van der Waals surface area contributed by atoms with E-state index >= 15 is 0 Å². The Morgan fingerprint density at radius 3 is 2.50 bits per heavy atom. The number of nitro benzene ring substituents is 1. The van der Waals surface area contributed by atoms with Crippen LogP contribution in [0, 0.1) is 10.1 Å². The van der Waals surface area contributed by atoms with Gasteiger partial charge in [0.2, 0.25) is 0 Å². The molecule has 36 heavy (non-hydrogen) atoms. The summed E-state index contributed by atoms with van der Waals surface area (Å²) in [6.07, 6.45) is 1.19. The molecule has 0 aliphatic carbocycles. The molecule has 0 unspecified atom stereocenters. The molecule has 3 aromatic rings. The number of carbonyl (C=O) groups excluding carboxylic acids is 2. The minimum absolute atomic E-state index is 0.0149. The number of Topliss-reactive ketones (excluding diaryl/α,β-unsaturated/α-hetero) is 1. The van der Waals surface area contributed by atoms with Crippen LogP contribution >= 0.6 is 0 Å². The molecule has 1 N–H and O–H groups in total. The summed E-state index contributed by atoms with van der Waals surface area (Å²) in [6, 6.07) is 19.6. The highest BCUT2D eigenvalue weighted by Crippen LogP contribution is 2.41. The van der Waals surface area contributed by atoms with Crippen LogP contribution in [0.1, 0.15) is 35.2 Å². The van der Waals surface area contributed by atoms with E-state index in [0.717, 1.165) is 16.9 Å². The standard InChI is InChI=1S/C28H24N2O6/c1-17-15-21-16-20(9-12-23(21)36-17)26(31)24-25(19-7-10-22(11-8-19)30(34)35)29(28(33)27(24)32)14-13-18-5-3-2-4-6-18/h2-12,16-17,25,31H,13-15H2,1H3/t17-,25+/m1/s1. The van der Waals surface area contributed by atoms with Crippen molar-refractivity contribution < 1.29 is 24.4 Å². The van der Waals surface area contributed by atoms with Crippen LogP contribution in [0.3, 0.4) is 0 Å². The van der Waals surface area contributed by atoms with Crippen molar-refractivity contribution in [3.05, 3.63) is 111 Å². The fourth-order valence-corrected chi connectivity index (χ4v) is 4.85. The van der Waals surface area contributed by atoms with Crippen LogP contribution in [0.4, 0.5) is 5.69 Å². The molecule has 2 aliphatic rings. The zero-order valence-electron chi connectivity index (χ0n) is 19.6. The van der Waals surface area contributed by atoms with Crippen LogP contribution in [0.15, 0.2) is 78.4 Å². The number of aliphatic hydroxyl groups excluding tert-OH is 1. The number of nitro groups is 1. The molecule has 0 radical (unpaired) electrons. The fourth-order valence-electron chi connectivity index (χ4n) is 4.85. The zero-order chi connectivity index (χ0) is 25.4. The largest absolute Gasteiger partial charge is 0.507 e. The average Bonchev–Trinajstić information content (AvgIpc) is 3.38. The monoisotopic (exact) mass is 484 g/mol. The lowest BCUT2D eigenvalue weighted by Gasteiger charge is -2.25. The van der Waals surface area contributed by atoms with Crippen LogP contribution in [-0.2, 0) is 22.4 Å². The molecular formula is C28H24N2O6. The maximum absolute atomic E-state index is 13.2. The molecule has 0 spiro atoms. The van der Waals surface area contributed by atoms with Gasteiger partial charge in [0.05, 0.1) is 16.5 Å². The van der Waals surface area contributed by atoms with E-state index in [1.54, 1.807) is 18.2 Å². The topological polar surface area (TPSA) is 110 Å². The number of aliphatic hydroxyl groups is 1. The van der Waals surface area contributed by atoms with E-state index in [1.165, 1.54) is 29.2 Å². The Balaban J connectivity index is 1.57. The number of non-ortho nitro benzene ring substituents is 1. The number of ether oxygens (including phenoxy) is 1.